The summed E-state index contributed by atoms with van der Waals surface area (Å²) in [6.45, 7) is 4.26. The summed E-state index contributed by atoms with van der Waals surface area (Å²) < 4.78 is 0. The summed E-state index contributed by atoms with van der Waals surface area (Å²) in [7, 11) is 0. The van der Waals surface area contributed by atoms with Crippen LogP contribution in [0.1, 0.15) is 29.7 Å². The Morgan fingerprint density at radius 2 is 2.06 bits per heavy atom. The molecule has 1 aromatic heterocycles. The molecule has 1 aromatic carbocycles. The lowest BCUT2D eigenvalue weighted by atomic mass is 9.98. The highest BCUT2D eigenvalue weighted by molar-refractivity contribution is 5.77. The first-order valence-corrected chi connectivity index (χ1v) is 6.55. The van der Waals surface area contributed by atoms with Crippen LogP contribution >= 0.6 is 0 Å². The molecule has 0 atom stereocenters. The van der Waals surface area contributed by atoms with E-state index in [1.807, 2.05) is 0 Å². The summed E-state index contributed by atoms with van der Waals surface area (Å²) in [6, 6.07) is 6.49. The van der Waals surface area contributed by atoms with Gasteiger partial charge in [0, 0.05) is 11.3 Å². The van der Waals surface area contributed by atoms with E-state index in [1.54, 1.807) is 0 Å². The average molecular weight is 241 g/mol. The molecule has 3 heteroatoms. The first-order valence-electron chi connectivity index (χ1n) is 6.55. The highest BCUT2D eigenvalue weighted by Gasteiger charge is 2.25. The molecule has 1 fully saturated rings. The van der Waals surface area contributed by atoms with Gasteiger partial charge in [0.05, 0.1) is 0 Å². The fraction of sp³-hybridized carbons (Fsp3) is 0.400. The van der Waals surface area contributed by atoms with E-state index in [4.69, 9.17) is 5.73 Å². The molecule has 0 saturated heterocycles. The number of hydrogen-bond acceptors (Lipinski definition) is 2. The number of aromatic nitrogens is 2. The first kappa shape index (κ1) is 11.3. The van der Waals surface area contributed by atoms with Crippen molar-refractivity contribution < 1.29 is 0 Å². The second-order valence-corrected chi connectivity index (χ2v) is 5.41. The van der Waals surface area contributed by atoms with Crippen LogP contribution in [-0.2, 0) is 6.42 Å². The summed E-state index contributed by atoms with van der Waals surface area (Å²) in [5.74, 6) is 1.45. The molecule has 0 aliphatic heterocycles. The number of rotatable bonds is 3. The minimum absolute atomic E-state index is 0.619. The maximum atomic E-state index is 6.02. The summed E-state index contributed by atoms with van der Waals surface area (Å²) in [5, 5.41) is 7.28. The predicted octanol–water partition coefficient (Wildman–Crippen LogP) is 3.23. The van der Waals surface area contributed by atoms with Gasteiger partial charge in [-0.3, -0.25) is 5.10 Å². The van der Waals surface area contributed by atoms with Crippen LogP contribution in [0.4, 0.5) is 5.82 Å². The number of aryl methyl sites for hydroxylation is 2. The second kappa shape index (κ2) is 4.16. The molecule has 0 spiro atoms. The smallest absolute Gasteiger partial charge is 0.153 e. The predicted molar refractivity (Wildman–Crippen MR) is 74.3 cm³/mol. The lowest BCUT2D eigenvalue weighted by Gasteiger charge is -2.07. The Labute approximate surface area is 107 Å². The van der Waals surface area contributed by atoms with E-state index in [0.29, 0.717) is 5.82 Å². The molecule has 1 heterocycles. The van der Waals surface area contributed by atoms with Crippen LogP contribution in [-0.4, -0.2) is 10.2 Å². The lowest BCUT2D eigenvalue weighted by molar-refractivity contribution is 0.798. The van der Waals surface area contributed by atoms with Crippen molar-refractivity contribution in [2.45, 2.75) is 33.1 Å². The van der Waals surface area contributed by atoms with E-state index in [2.05, 4.69) is 42.2 Å². The Balaban J connectivity index is 2.03. The van der Waals surface area contributed by atoms with Gasteiger partial charge in [-0.1, -0.05) is 18.2 Å². The first-order chi connectivity index (χ1) is 8.65. The summed E-state index contributed by atoms with van der Waals surface area (Å²) >= 11 is 0. The zero-order valence-electron chi connectivity index (χ0n) is 11.0. The molecular formula is C15H19N3. The van der Waals surface area contributed by atoms with Crippen LogP contribution in [0.2, 0.25) is 0 Å². The standard InChI is InChI=1S/C15H19N3/c1-9-3-6-12(7-10(9)2)14-13(8-11-4-5-11)17-18-15(14)16/h3,6-7,11H,4-5,8H2,1-2H3,(H3,16,17,18). The van der Waals surface area contributed by atoms with Crippen molar-refractivity contribution in [1.82, 2.24) is 10.2 Å². The van der Waals surface area contributed by atoms with Crippen molar-refractivity contribution in [2.24, 2.45) is 5.92 Å². The molecule has 1 aliphatic rings. The molecule has 0 bridgehead atoms. The highest BCUT2D eigenvalue weighted by atomic mass is 15.2. The van der Waals surface area contributed by atoms with Gasteiger partial charge in [0.15, 0.2) is 5.82 Å². The van der Waals surface area contributed by atoms with E-state index < -0.39 is 0 Å². The molecule has 2 aromatic rings. The number of aromatic amines is 1. The van der Waals surface area contributed by atoms with Gasteiger partial charge in [0.25, 0.3) is 0 Å². The van der Waals surface area contributed by atoms with E-state index in [0.717, 1.165) is 17.9 Å². The van der Waals surface area contributed by atoms with Crippen molar-refractivity contribution in [1.29, 1.82) is 0 Å². The molecule has 94 valence electrons. The Hall–Kier alpha value is -1.77. The van der Waals surface area contributed by atoms with Crippen molar-refractivity contribution in [2.75, 3.05) is 5.73 Å². The molecule has 1 aliphatic carbocycles. The van der Waals surface area contributed by atoms with Crippen LogP contribution in [0.25, 0.3) is 11.1 Å². The average Bonchev–Trinajstić information content (AvgIpc) is 3.07. The minimum atomic E-state index is 0.619. The molecule has 3 N–H and O–H groups in total. The number of nitrogens with two attached hydrogens (primary N) is 1. The molecule has 18 heavy (non-hydrogen) atoms. The molecule has 0 radical (unpaired) electrons. The third-order valence-electron chi connectivity index (χ3n) is 3.85. The van der Waals surface area contributed by atoms with Crippen LogP contribution in [0.3, 0.4) is 0 Å². The van der Waals surface area contributed by atoms with Crippen molar-refractivity contribution in [3.05, 3.63) is 35.0 Å². The monoisotopic (exact) mass is 241 g/mol. The second-order valence-electron chi connectivity index (χ2n) is 5.41. The van der Waals surface area contributed by atoms with Crippen LogP contribution in [0, 0.1) is 19.8 Å². The molecule has 1 saturated carbocycles. The number of nitrogen functional groups attached to an aromatic ring is 1. The molecule has 3 rings (SSSR count). The van der Waals surface area contributed by atoms with Gasteiger partial charge < -0.3 is 5.73 Å². The highest BCUT2D eigenvalue weighted by Crippen LogP contribution is 2.37. The van der Waals surface area contributed by atoms with Crippen molar-refractivity contribution in [3.63, 3.8) is 0 Å². The van der Waals surface area contributed by atoms with Gasteiger partial charge in [-0.15, -0.1) is 0 Å². The van der Waals surface area contributed by atoms with Gasteiger partial charge >= 0.3 is 0 Å². The molecule has 3 nitrogen and oxygen atoms in total. The zero-order valence-corrected chi connectivity index (χ0v) is 11.0. The Kier molecular flexibility index (Phi) is 2.62. The quantitative estimate of drug-likeness (QED) is 0.866. The third-order valence-corrected chi connectivity index (χ3v) is 3.85. The fourth-order valence-electron chi connectivity index (χ4n) is 2.37. The number of hydrogen-bond donors (Lipinski definition) is 2. The molecule has 0 unspecified atom stereocenters. The van der Waals surface area contributed by atoms with E-state index in [1.165, 1.54) is 35.2 Å². The number of anilines is 1. The Morgan fingerprint density at radius 1 is 1.28 bits per heavy atom. The molecule has 0 amide bonds. The largest absolute Gasteiger partial charge is 0.382 e. The number of H-pyrrole nitrogens is 1. The van der Waals surface area contributed by atoms with Crippen LogP contribution < -0.4 is 5.73 Å². The summed E-state index contributed by atoms with van der Waals surface area (Å²) in [4.78, 5) is 0. The van der Waals surface area contributed by atoms with Gasteiger partial charge in [-0.25, -0.2) is 0 Å². The van der Waals surface area contributed by atoms with E-state index in [9.17, 15) is 0 Å². The number of nitrogens with zero attached hydrogens (tertiary/aromatic N) is 1. The van der Waals surface area contributed by atoms with Gasteiger partial charge in [-0.2, -0.15) is 5.10 Å². The SMILES string of the molecule is Cc1ccc(-c2c(N)n[nH]c2CC2CC2)cc1C. The topological polar surface area (TPSA) is 54.7 Å². The fourth-order valence-corrected chi connectivity index (χ4v) is 2.37. The lowest BCUT2D eigenvalue weighted by Crippen LogP contribution is -1.93. The third kappa shape index (κ3) is 2.01. The number of benzene rings is 1. The maximum absolute atomic E-state index is 6.02. The van der Waals surface area contributed by atoms with E-state index >= 15 is 0 Å². The minimum Gasteiger partial charge on any atom is -0.382 e. The van der Waals surface area contributed by atoms with Gasteiger partial charge in [0.2, 0.25) is 0 Å². The number of nitrogens with one attached hydrogen (secondary N) is 1. The summed E-state index contributed by atoms with van der Waals surface area (Å²) in [6.07, 6.45) is 3.75. The maximum Gasteiger partial charge on any atom is 0.153 e. The van der Waals surface area contributed by atoms with Gasteiger partial charge in [0.1, 0.15) is 0 Å². The molecular weight excluding hydrogens is 222 g/mol. The van der Waals surface area contributed by atoms with Crippen molar-refractivity contribution in [3.8, 4) is 11.1 Å². The Bertz CT molecular complexity index is 579. The van der Waals surface area contributed by atoms with Crippen LogP contribution in [0.15, 0.2) is 18.2 Å². The van der Waals surface area contributed by atoms with E-state index in [-0.39, 0.29) is 0 Å². The van der Waals surface area contributed by atoms with Gasteiger partial charge in [-0.05, 0) is 55.7 Å². The Morgan fingerprint density at radius 3 is 2.72 bits per heavy atom. The zero-order chi connectivity index (χ0) is 12.7. The van der Waals surface area contributed by atoms with Crippen molar-refractivity contribution >= 4 is 5.82 Å². The summed E-state index contributed by atoms with van der Waals surface area (Å²) in [5.41, 5.74) is 12.1. The van der Waals surface area contributed by atoms with Crippen LogP contribution in [0.5, 0.6) is 0 Å². The normalized spacial score (nSPS) is 15.0.